The number of ketones is 1. The first-order valence-electron chi connectivity index (χ1n) is 7.03. The number of aliphatic hydroxyl groups is 1. The molecule has 6 heteroatoms. The Kier molecular flexibility index (Phi) is 3.20. The van der Waals surface area contributed by atoms with E-state index in [0.717, 1.165) is 0 Å². The number of methoxy groups -OCH3 is 1. The zero-order valence-electron chi connectivity index (χ0n) is 11.7. The molecule has 6 nitrogen and oxygen atoms in total. The van der Waals surface area contributed by atoms with E-state index in [2.05, 4.69) is 0 Å². The summed E-state index contributed by atoms with van der Waals surface area (Å²) in [6.07, 6.45) is 1.42. The van der Waals surface area contributed by atoms with Gasteiger partial charge >= 0.3 is 0 Å². The van der Waals surface area contributed by atoms with Crippen LogP contribution >= 0.6 is 0 Å². The van der Waals surface area contributed by atoms with E-state index in [1.807, 2.05) is 0 Å². The van der Waals surface area contributed by atoms with Gasteiger partial charge in [-0.15, -0.1) is 0 Å². The molecule has 4 atom stereocenters. The van der Waals surface area contributed by atoms with Gasteiger partial charge in [0.1, 0.15) is 5.75 Å². The maximum absolute atomic E-state index is 12.4. The van der Waals surface area contributed by atoms with Crippen LogP contribution in [0, 0.1) is 16.0 Å². The lowest BCUT2D eigenvalue weighted by molar-refractivity contribution is -0.542. The van der Waals surface area contributed by atoms with Crippen molar-refractivity contribution < 1.29 is 19.6 Å². The van der Waals surface area contributed by atoms with Crippen molar-refractivity contribution in [3.05, 3.63) is 39.9 Å². The normalized spacial score (nSPS) is 34.8. The van der Waals surface area contributed by atoms with Gasteiger partial charge in [-0.05, 0) is 37.0 Å². The van der Waals surface area contributed by atoms with Crippen molar-refractivity contribution >= 4 is 5.78 Å². The molecule has 2 aliphatic rings. The van der Waals surface area contributed by atoms with Crippen LogP contribution in [0.15, 0.2) is 24.3 Å². The van der Waals surface area contributed by atoms with Crippen molar-refractivity contribution in [2.45, 2.75) is 36.8 Å². The van der Waals surface area contributed by atoms with Crippen LogP contribution in [-0.4, -0.2) is 34.6 Å². The second kappa shape index (κ2) is 4.80. The summed E-state index contributed by atoms with van der Waals surface area (Å²) < 4.78 is 5.08. The third-order valence-corrected chi connectivity index (χ3v) is 4.83. The number of hydrogen-bond donors (Lipinski definition) is 1. The fourth-order valence-corrected chi connectivity index (χ4v) is 3.87. The molecule has 0 heterocycles. The summed E-state index contributed by atoms with van der Waals surface area (Å²) in [5, 5.41) is 22.0. The van der Waals surface area contributed by atoms with Gasteiger partial charge in [-0.25, -0.2) is 0 Å². The lowest BCUT2D eigenvalue weighted by Gasteiger charge is -2.25. The minimum Gasteiger partial charge on any atom is -0.497 e. The molecule has 1 aromatic rings. The van der Waals surface area contributed by atoms with E-state index in [4.69, 9.17) is 4.74 Å². The molecule has 0 amide bonds. The Morgan fingerprint density at radius 1 is 1.38 bits per heavy atom. The summed E-state index contributed by atoms with van der Waals surface area (Å²) in [5.74, 6) is -0.739. The molecule has 2 saturated carbocycles. The third-order valence-electron chi connectivity index (χ3n) is 4.83. The highest BCUT2D eigenvalue weighted by atomic mass is 16.6. The van der Waals surface area contributed by atoms with E-state index in [1.54, 1.807) is 31.4 Å². The van der Waals surface area contributed by atoms with Crippen molar-refractivity contribution in [1.29, 1.82) is 0 Å². The number of carbonyl (C=O) groups excluding carboxylic acids is 1. The molecule has 0 aliphatic heterocycles. The van der Waals surface area contributed by atoms with E-state index in [0.29, 0.717) is 24.2 Å². The molecule has 2 aliphatic carbocycles. The van der Waals surface area contributed by atoms with E-state index in [9.17, 15) is 20.0 Å². The number of nitrogens with zero attached hydrogens (tertiary/aromatic N) is 1. The zero-order valence-corrected chi connectivity index (χ0v) is 11.7. The van der Waals surface area contributed by atoms with E-state index in [-0.39, 0.29) is 12.2 Å². The standard InChI is InChI=1S/C15H17NO5/c1-21-10-6-4-9(5-7-10)12-11-3-2-8-15(18,14(11)17)13(12)16(19)20/h4-7,11-13,18H,2-3,8H2,1H3/t11-,12-,13-,15-/m0/s1. The van der Waals surface area contributed by atoms with Gasteiger partial charge in [0.15, 0.2) is 11.4 Å². The maximum atomic E-state index is 12.4. The van der Waals surface area contributed by atoms with Crippen LogP contribution in [0.25, 0.3) is 0 Å². The molecular formula is C15H17NO5. The first kappa shape index (κ1) is 14.0. The molecule has 1 aromatic carbocycles. The number of rotatable bonds is 3. The molecule has 0 unspecified atom stereocenters. The second-order valence-electron chi connectivity index (χ2n) is 5.82. The molecule has 2 bridgehead atoms. The van der Waals surface area contributed by atoms with Crippen molar-refractivity contribution in [2.75, 3.05) is 7.11 Å². The monoisotopic (exact) mass is 291 g/mol. The molecule has 0 saturated heterocycles. The Morgan fingerprint density at radius 2 is 2.05 bits per heavy atom. The van der Waals surface area contributed by atoms with Gasteiger partial charge in [-0.2, -0.15) is 0 Å². The van der Waals surface area contributed by atoms with Crippen LogP contribution in [0.3, 0.4) is 0 Å². The highest BCUT2D eigenvalue weighted by molar-refractivity contribution is 5.94. The fraction of sp³-hybridized carbons (Fsp3) is 0.533. The van der Waals surface area contributed by atoms with Crippen LogP contribution in [0.2, 0.25) is 0 Å². The predicted octanol–water partition coefficient (Wildman–Crippen LogP) is 1.54. The van der Waals surface area contributed by atoms with Crippen LogP contribution in [0.4, 0.5) is 0 Å². The number of Topliss-reactive ketones (excluding diaryl/α,β-unsaturated/α-hetero) is 1. The summed E-state index contributed by atoms with van der Waals surface area (Å²) in [7, 11) is 1.55. The first-order chi connectivity index (χ1) is 9.99. The van der Waals surface area contributed by atoms with Crippen molar-refractivity contribution in [2.24, 2.45) is 5.92 Å². The molecule has 1 N–H and O–H groups in total. The minimum atomic E-state index is -1.81. The Labute approximate surface area is 121 Å². The van der Waals surface area contributed by atoms with Gasteiger partial charge in [0, 0.05) is 10.8 Å². The van der Waals surface area contributed by atoms with Crippen molar-refractivity contribution in [3.63, 3.8) is 0 Å². The molecule has 3 rings (SSSR count). The van der Waals surface area contributed by atoms with Crippen LogP contribution < -0.4 is 4.74 Å². The zero-order chi connectivity index (χ0) is 15.2. The Hall–Kier alpha value is -1.95. The highest BCUT2D eigenvalue weighted by Crippen LogP contribution is 2.51. The Balaban J connectivity index is 2.06. The first-order valence-corrected chi connectivity index (χ1v) is 7.03. The highest BCUT2D eigenvalue weighted by Gasteiger charge is 2.67. The summed E-state index contributed by atoms with van der Waals surface area (Å²) in [6.45, 7) is 0. The predicted molar refractivity (Wildman–Crippen MR) is 73.8 cm³/mol. The third kappa shape index (κ3) is 1.93. The van der Waals surface area contributed by atoms with Gasteiger partial charge in [0.2, 0.25) is 0 Å². The van der Waals surface area contributed by atoms with Gasteiger partial charge in [0.05, 0.1) is 13.0 Å². The number of benzene rings is 1. The minimum absolute atomic E-state index is 0.181. The molecular weight excluding hydrogens is 274 g/mol. The molecule has 2 fully saturated rings. The summed E-state index contributed by atoms with van der Waals surface area (Å²) in [6, 6.07) is 5.69. The number of carbonyl (C=O) groups is 1. The van der Waals surface area contributed by atoms with E-state index < -0.39 is 28.4 Å². The number of ether oxygens (including phenoxy) is 1. The number of hydrogen-bond acceptors (Lipinski definition) is 5. The molecule has 112 valence electrons. The number of fused-ring (bicyclic) bond motifs is 2. The van der Waals surface area contributed by atoms with Gasteiger partial charge < -0.3 is 9.84 Å². The lowest BCUT2D eigenvalue weighted by Crippen LogP contribution is -2.49. The molecule has 0 spiro atoms. The topological polar surface area (TPSA) is 89.7 Å². The van der Waals surface area contributed by atoms with Crippen molar-refractivity contribution in [3.8, 4) is 5.75 Å². The largest absolute Gasteiger partial charge is 0.497 e. The van der Waals surface area contributed by atoms with Gasteiger partial charge in [0.25, 0.3) is 6.04 Å². The average molecular weight is 291 g/mol. The maximum Gasteiger partial charge on any atom is 0.255 e. The summed E-state index contributed by atoms with van der Waals surface area (Å²) >= 11 is 0. The van der Waals surface area contributed by atoms with Crippen molar-refractivity contribution in [1.82, 2.24) is 0 Å². The van der Waals surface area contributed by atoms with Crippen LogP contribution in [0.1, 0.15) is 30.7 Å². The van der Waals surface area contributed by atoms with Gasteiger partial charge in [-0.3, -0.25) is 14.9 Å². The summed E-state index contributed by atoms with van der Waals surface area (Å²) in [4.78, 5) is 23.3. The second-order valence-corrected chi connectivity index (χ2v) is 5.82. The average Bonchev–Trinajstić information content (AvgIpc) is 2.60. The smallest absolute Gasteiger partial charge is 0.255 e. The van der Waals surface area contributed by atoms with Crippen LogP contribution in [-0.2, 0) is 4.79 Å². The molecule has 0 radical (unpaired) electrons. The van der Waals surface area contributed by atoms with E-state index >= 15 is 0 Å². The fourth-order valence-electron chi connectivity index (χ4n) is 3.87. The van der Waals surface area contributed by atoms with E-state index in [1.165, 1.54) is 0 Å². The van der Waals surface area contributed by atoms with Gasteiger partial charge in [-0.1, -0.05) is 12.1 Å². The number of nitro groups is 1. The Bertz CT molecular complexity index is 584. The quantitative estimate of drug-likeness (QED) is 0.674. The lowest BCUT2D eigenvalue weighted by atomic mass is 9.82. The summed E-state index contributed by atoms with van der Waals surface area (Å²) in [5.41, 5.74) is -1.09. The molecule has 0 aromatic heterocycles. The van der Waals surface area contributed by atoms with Crippen LogP contribution in [0.5, 0.6) is 5.75 Å². The SMILES string of the molecule is COc1ccc([C@H]2[C@@H]3CCC[C@@](O)(C3=O)[C@H]2[N+](=O)[O-])cc1. The Morgan fingerprint density at radius 3 is 2.62 bits per heavy atom. The molecule has 21 heavy (non-hydrogen) atoms.